The van der Waals surface area contributed by atoms with Crippen LogP contribution in [0.25, 0.3) is 22.2 Å². The number of nitrogens with zero attached hydrogens (tertiary/aromatic N) is 4. The number of halogens is 1. The van der Waals surface area contributed by atoms with Gasteiger partial charge in [0.15, 0.2) is 5.82 Å². The van der Waals surface area contributed by atoms with E-state index in [0.29, 0.717) is 18.2 Å². The highest BCUT2D eigenvalue weighted by atomic mass is 19.1. The molecule has 0 radical (unpaired) electrons. The van der Waals surface area contributed by atoms with Gasteiger partial charge in [0.25, 0.3) is 5.56 Å². The van der Waals surface area contributed by atoms with Crippen molar-refractivity contribution in [1.82, 2.24) is 19.5 Å². The summed E-state index contributed by atoms with van der Waals surface area (Å²) in [5.41, 5.74) is 6.70. The molecule has 3 aromatic heterocycles. The summed E-state index contributed by atoms with van der Waals surface area (Å²) >= 11 is 0. The number of benzene rings is 1. The van der Waals surface area contributed by atoms with Gasteiger partial charge in [-0.05, 0) is 68.7 Å². The lowest BCUT2D eigenvalue weighted by Gasteiger charge is -2.22. The fourth-order valence-corrected chi connectivity index (χ4v) is 5.35. The molecule has 0 bridgehead atoms. The van der Waals surface area contributed by atoms with E-state index in [1.54, 1.807) is 7.05 Å². The predicted octanol–water partition coefficient (Wildman–Crippen LogP) is 6.19. The number of rotatable bonds is 11. The SMILES string of the molecule is Cc1ccc2c(NCCCCCCCNc3nc(-c4ccncc4F)cc(=O)n3C)c3c(nc2c1)CCCC3. The van der Waals surface area contributed by atoms with Crippen LogP contribution in [0.5, 0.6) is 0 Å². The highest BCUT2D eigenvalue weighted by Gasteiger charge is 2.18. The van der Waals surface area contributed by atoms with Crippen molar-refractivity contribution in [3.63, 3.8) is 0 Å². The van der Waals surface area contributed by atoms with Crippen LogP contribution in [0.1, 0.15) is 61.8 Å². The zero-order valence-electron chi connectivity index (χ0n) is 22.9. The van der Waals surface area contributed by atoms with Gasteiger partial charge in [-0.25, -0.2) is 9.37 Å². The van der Waals surface area contributed by atoms with Gasteiger partial charge in [-0.15, -0.1) is 0 Å². The molecule has 5 rings (SSSR count). The van der Waals surface area contributed by atoms with Gasteiger partial charge in [0.05, 0.1) is 17.4 Å². The lowest BCUT2D eigenvalue weighted by molar-refractivity contribution is 0.623. The normalized spacial score (nSPS) is 12.9. The molecule has 0 unspecified atom stereocenters. The Labute approximate surface area is 228 Å². The van der Waals surface area contributed by atoms with Crippen LogP contribution in [0, 0.1) is 12.7 Å². The fraction of sp³-hybridized carbons (Fsp3) is 0.419. The zero-order valence-corrected chi connectivity index (χ0v) is 22.9. The van der Waals surface area contributed by atoms with E-state index in [4.69, 9.17) is 4.98 Å². The van der Waals surface area contributed by atoms with E-state index in [1.807, 2.05) is 0 Å². The fourth-order valence-electron chi connectivity index (χ4n) is 5.35. The Morgan fingerprint density at radius 1 is 0.949 bits per heavy atom. The smallest absolute Gasteiger partial charge is 0.255 e. The van der Waals surface area contributed by atoms with Crippen LogP contribution in [0.4, 0.5) is 16.0 Å². The average Bonchev–Trinajstić information content (AvgIpc) is 2.93. The number of hydrogen-bond acceptors (Lipinski definition) is 6. The third-order valence-corrected chi connectivity index (χ3v) is 7.54. The molecule has 39 heavy (non-hydrogen) atoms. The molecule has 8 heteroatoms. The van der Waals surface area contributed by atoms with Crippen molar-refractivity contribution in [2.75, 3.05) is 23.7 Å². The summed E-state index contributed by atoms with van der Waals surface area (Å²) < 4.78 is 15.6. The molecule has 0 amide bonds. The van der Waals surface area contributed by atoms with E-state index in [-0.39, 0.29) is 11.1 Å². The molecule has 4 aromatic rings. The van der Waals surface area contributed by atoms with Crippen LogP contribution in [-0.4, -0.2) is 32.6 Å². The molecule has 1 aromatic carbocycles. The monoisotopic (exact) mass is 528 g/mol. The molecule has 2 N–H and O–H groups in total. The zero-order chi connectivity index (χ0) is 27.2. The summed E-state index contributed by atoms with van der Waals surface area (Å²) in [6.45, 7) is 3.79. The quantitative estimate of drug-likeness (QED) is 0.226. The van der Waals surface area contributed by atoms with Crippen LogP contribution in [0.2, 0.25) is 0 Å². The van der Waals surface area contributed by atoms with E-state index in [1.165, 1.54) is 63.6 Å². The maximum absolute atomic E-state index is 14.1. The van der Waals surface area contributed by atoms with E-state index in [2.05, 4.69) is 45.7 Å². The second-order valence-electron chi connectivity index (χ2n) is 10.5. The molecule has 0 fully saturated rings. The Bertz CT molecular complexity index is 1520. The minimum absolute atomic E-state index is 0.232. The molecule has 0 spiro atoms. The first-order valence-electron chi connectivity index (χ1n) is 14.1. The van der Waals surface area contributed by atoms with Gasteiger partial charge >= 0.3 is 0 Å². The number of anilines is 2. The number of aryl methyl sites for hydroxylation is 2. The Morgan fingerprint density at radius 2 is 1.72 bits per heavy atom. The Kier molecular flexibility index (Phi) is 8.49. The van der Waals surface area contributed by atoms with Crippen LogP contribution >= 0.6 is 0 Å². The summed E-state index contributed by atoms with van der Waals surface area (Å²) in [7, 11) is 1.67. The third kappa shape index (κ3) is 6.27. The molecule has 204 valence electrons. The number of aromatic nitrogens is 4. The Balaban J connectivity index is 1.08. The maximum Gasteiger partial charge on any atom is 0.255 e. The van der Waals surface area contributed by atoms with Gasteiger partial charge in [-0.3, -0.25) is 19.3 Å². The summed E-state index contributed by atoms with van der Waals surface area (Å²) in [4.78, 5) is 25.6. The number of fused-ring (bicyclic) bond motifs is 2. The first-order chi connectivity index (χ1) is 19.0. The minimum atomic E-state index is -0.495. The van der Waals surface area contributed by atoms with Crippen LogP contribution in [0.3, 0.4) is 0 Å². The van der Waals surface area contributed by atoms with E-state index >= 15 is 0 Å². The number of unbranched alkanes of at least 4 members (excludes halogenated alkanes) is 4. The lowest BCUT2D eigenvalue weighted by Crippen LogP contribution is -2.22. The van der Waals surface area contributed by atoms with Crippen molar-refractivity contribution >= 4 is 22.5 Å². The Morgan fingerprint density at radius 3 is 2.54 bits per heavy atom. The minimum Gasteiger partial charge on any atom is -0.384 e. The standard InChI is InChI=1S/C31H37FN6O/c1-21-12-13-24-27(18-21)36-26-11-7-6-10-23(26)30(24)34-15-8-4-3-5-9-16-35-31-37-28(19-29(39)38(31)2)22-14-17-33-20-25(22)32/h12-14,17-20H,3-11,15-16H2,1-2H3,(H,34,36)(H,35,37). The third-order valence-electron chi connectivity index (χ3n) is 7.54. The summed E-state index contributed by atoms with van der Waals surface area (Å²) in [5.74, 6) is -0.0493. The first-order valence-corrected chi connectivity index (χ1v) is 14.1. The van der Waals surface area contributed by atoms with Crippen molar-refractivity contribution in [2.45, 2.75) is 64.7 Å². The van der Waals surface area contributed by atoms with Crippen LogP contribution < -0.4 is 16.2 Å². The second kappa shape index (κ2) is 12.4. The van der Waals surface area contributed by atoms with Gasteiger partial charge in [-0.1, -0.05) is 31.4 Å². The largest absolute Gasteiger partial charge is 0.384 e. The van der Waals surface area contributed by atoms with E-state index < -0.39 is 5.82 Å². The van der Waals surface area contributed by atoms with Gasteiger partial charge in [0, 0.05) is 54.7 Å². The van der Waals surface area contributed by atoms with Crippen molar-refractivity contribution in [3.05, 3.63) is 75.7 Å². The van der Waals surface area contributed by atoms with E-state index in [9.17, 15) is 9.18 Å². The van der Waals surface area contributed by atoms with Gasteiger partial charge in [0.2, 0.25) is 5.95 Å². The molecule has 1 aliphatic rings. The predicted molar refractivity (Wildman–Crippen MR) is 156 cm³/mol. The van der Waals surface area contributed by atoms with E-state index in [0.717, 1.165) is 63.2 Å². The molecule has 0 saturated carbocycles. The topological polar surface area (TPSA) is 84.7 Å². The second-order valence-corrected chi connectivity index (χ2v) is 10.5. The van der Waals surface area contributed by atoms with Crippen LogP contribution in [-0.2, 0) is 19.9 Å². The summed E-state index contributed by atoms with van der Waals surface area (Å²) in [5, 5.41) is 8.26. The van der Waals surface area contributed by atoms with Gasteiger partial charge < -0.3 is 10.6 Å². The van der Waals surface area contributed by atoms with Crippen molar-refractivity contribution in [3.8, 4) is 11.3 Å². The highest BCUT2D eigenvalue weighted by Crippen LogP contribution is 2.33. The Hall–Kier alpha value is -3.81. The van der Waals surface area contributed by atoms with Crippen molar-refractivity contribution < 1.29 is 4.39 Å². The number of pyridine rings is 2. The van der Waals surface area contributed by atoms with Crippen LogP contribution in [0.15, 0.2) is 47.5 Å². The lowest BCUT2D eigenvalue weighted by atomic mass is 9.92. The summed E-state index contributed by atoms with van der Waals surface area (Å²) in [6.07, 6.45) is 12.8. The van der Waals surface area contributed by atoms with Crippen molar-refractivity contribution in [1.29, 1.82) is 0 Å². The average molecular weight is 529 g/mol. The number of hydrogen-bond donors (Lipinski definition) is 2. The molecular formula is C31H37FN6O. The molecule has 0 saturated heterocycles. The first kappa shape index (κ1) is 26.8. The molecule has 3 heterocycles. The van der Waals surface area contributed by atoms with Crippen molar-refractivity contribution in [2.24, 2.45) is 7.05 Å². The maximum atomic E-state index is 14.1. The summed E-state index contributed by atoms with van der Waals surface area (Å²) in [6, 6.07) is 9.48. The molecule has 1 aliphatic carbocycles. The molecule has 7 nitrogen and oxygen atoms in total. The molecular weight excluding hydrogens is 491 g/mol. The molecule has 0 atom stereocenters. The van der Waals surface area contributed by atoms with Gasteiger partial charge in [0.1, 0.15) is 0 Å². The van der Waals surface area contributed by atoms with Gasteiger partial charge in [-0.2, -0.15) is 0 Å². The number of nitrogens with one attached hydrogen (secondary N) is 2. The molecule has 0 aliphatic heterocycles. The highest BCUT2D eigenvalue weighted by molar-refractivity contribution is 5.94.